The quantitative estimate of drug-likeness (QED) is 0.122. The van der Waals surface area contributed by atoms with Gasteiger partial charge in [-0.05, 0) is 217 Å². The molecule has 2 unspecified atom stereocenters. The summed E-state index contributed by atoms with van der Waals surface area (Å²) in [5.41, 5.74) is 37.2. The Labute approximate surface area is 717 Å². The molecule has 0 aliphatic heterocycles. The number of nitrogens with zero attached hydrogens (tertiary/aromatic N) is 2. The molecule has 0 saturated carbocycles. The molecule has 8 heteroatoms. The van der Waals surface area contributed by atoms with Crippen LogP contribution in [0.1, 0.15) is 168 Å². The molecule has 24 rings (SSSR count). The Morgan fingerprint density at radius 1 is 0.325 bits per heavy atom. The van der Waals surface area contributed by atoms with E-state index in [-0.39, 0.29) is 0 Å². The van der Waals surface area contributed by atoms with E-state index in [9.17, 15) is 0 Å². The number of rotatable bonds is 12. The molecule has 20 aromatic rings. The number of unbranched alkanes of at least 4 members (excludes halogenated alkanes) is 2. The molecule has 0 amide bonds. The normalized spacial score (nSPS) is 13.0. The monoisotopic (exact) mass is 1620 g/mol. The van der Waals surface area contributed by atoms with Crippen LogP contribution in [0.2, 0.25) is 0 Å². The van der Waals surface area contributed by atoms with Crippen molar-refractivity contribution in [2.45, 2.75) is 159 Å². The second kappa shape index (κ2) is 33.0. The van der Waals surface area contributed by atoms with E-state index in [4.69, 9.17) is 13.3 Å². The van der Waals surface area contributed by atoms with Crippen molar-refractivity contribution in [3.05, 3.63) is 332 Å². The number of hydrogen-bond acceptors (Lipinski definition) is 6. The molecule has 0 N–H and O–H groups in total. The van der Waals surface area contributed by atoms with Crippen LogP contribution in [0.15, 0.2) is 256 Å². The van der Waals surface area contributed by atoms with E-state index in [1.165, 1.54) is 252 Å². The van der Waals surface area contributed by atoms with Crippen LogP contribution in [0, 0.1) is 53.4 Å². The second-order valence-corrected chi connectivity index (χ2v) is 37.8. The number of benzene rings is 12. The lowest BCUT2D eigenvalue weighted by atomic mass is 9.91. The molecule has 0 radical (unpaired) electrons. The third-order valence-electron chi connectivity index (χ3n) is 26.1. The maximum absolute atomic E-state index is 6.13. The van der Waals surface area contributed by atoms with Gasteiger partial charge < -0.3 is 22.4 Å². The third kappa shape index (κ3) is 14.7. The van der Waals surface area contributed by atoms with Gasteiger partial charge in [-0.15, -0.1) is 34.0 Å². The minimum absolute atomic E-state index is 0.821. The third-order valence-corrected chi connectivity index (χ3v) is 29.8. The minimum Gasteiger partial charge on any atom is -0.456 e. The van der Waals surface area contributed by atoms with Gasteiger partial charge in [0.05, 0.1) is 21.3 Å². The van der Waals surface area contributed by atoms with Crippen LogP contribution in [0.4, 0.5) is 0 Å². The number of para-hydroxylation sites is 2. The summed E-state index contributed by atoms with van der Waals surface area (Å²) in [6, 6.07) is 88.4. The van der Waals surface area contributed by atoms with Crippen LogP contribution in [0.5, 0.6) is 0 Å². The van der Waals surface area contributed by atoms with E-state index in [2.05, 4.69) is 317 Å². The fraction of sp³-hybridized carbons (Fsp3) is 0.250. The van der Waals surface area contributed by atoms with Crippen molar-refractivity contribution < 1.29 is 13.3 Å². The average Bonchev–Trinajstić information content (AvgIpc) is 1.58. The minimum atomic E-state index is 0.821. The molecule has 2 atom stereocenters. The lowest BCUT2D eigenvalue weighted by Gasteiger charge is -2.15. The molecule has 12 aromatic carbocycles. The predicted octanol–water partition coefficient (Wildman–Crippen LogP) is 32.9. The number of aryl methyl sites for hydroxylation is 8. The Morgan fingerprint density at radius 2 is 0.775 bits per heavy atom. The highest BCUT2D eigenvalue weighted by Gasteiger charge is 2.30. The molecule has 0 fully saturated rings. The van der Waals surface area contributed by atoms with Crippen molar-refractivity contribution >= 4 is 140 Å². The smallest absolute Gasteiger partial charge is 0.161 e. The van der Waals surface area contributed by atoms with Crippen LogP contribution in [0.25, 0.3) is 150 Å². The summed E-state index contributed by atoms with van der Waals surface area (Å²) in [4.78, 5) is 3.00. The SMILES string of the molecule is CCCCC(CC)Cc1ccc2c(c1)Cc1c-2oc2ccccc12.CCCCC(CC)Cc1ccc2c(c1)Cc1c-2sc2ccccc12.Cc1ccc2c(c1)-c1oc3ccc(C)cc3c1C2.Cc1ccc2c(c1)-c1sc3ccc(C)cc3c1C2.Cc1ccc2c3oc4ccccc4c3n(C)c2c1.Cc1ccc2c3sc4ccccc4c3n(C)c2c1. The summed E-state index contributed by atoms with van der Waals surface area (Å²) in [7, 11) is 4.27. The standard InChI is InChI=1S/C23H26O.C23H26S.C17H14O.C17H14S.C16H13NO.C16H13NS/c2*1-3-5-8-16(4-2)13-17-11-12-19-18(14-17)15-21-20-9-6-7-10-22(20)24-23(19)21;2*1-10-3-5-12-9-15-14-8-11(2)4-6-16(14)18-17(15)13(12)7-10;2*1-10-7-8-11-13(9-10)17(2)15-12-5-3-4-6-14(12)18-16(11)15/h2*6-7,9-12,14,16H,3-5,8,13,15H2,1-2H3;2*3-8H,9H2,1-2H3;2*3-9H,1-2H3. The summed E-state index contributed by atoms with van der Waals surface area (Å²) >= 11 is 5.81. The van der Waals surface area contributed by atoms with Gasteiger partial charge in [0.1, 0.15) is 28.3 Å². The van der Waals surface area contributed by atoms with Crippen LogP contribution in [-0.4, -0.2) is 9.13 Å². The second-order valence-electron chi connectivity index (χ2n) is 34.6. The predicted molar refractivity (Wildman–Crippen MR) is 517 cm³/mol. The van der Waals surface area contributed by atoms with Gasteiger partial charge in [0, 0.05) is 124 Å². The Kier molecular flexibility index (Phi) is 21.6. The van der Waals surface area contributed by atoms with Crippen molar-refractivity contribution in [2.75, 3.05) is 0 Å². The molecule has 5 nitrogen and oxygen atoms in total. The highest BCUT2D eigenvalue weighted by molar-refractivity contribution is 7.26. The van der Waals surface area contributed by atoms with E-state index in [0.29, 0.717) is 0 Å². The van der Waals surface area contributed by atoms with Gasteiger partial charge in [0.25, 0.3) is 0 Å². The molecular formula is C112H106N2O3S3. The zero-order valence-electron chi connectivity index (χ0n) is 71.5. The molecule has 8 aromatic heterocycles. The fourth-order valence-electron chi connectivity index (χ4n) is 19.6. The summed E-state index contributed by atoms with van der Waals surface area (Å²) in [6.07, 6.45) is 17.4. The molecule has 0 spiro atoms. The van der Waals surface area contributed by atoms with Gasteiger partial charge in [-0.3, -0.25) is 0 Å². The van der Waals surface area contributed by atoms with E-state index in [0.717, 1.165) is 71.4 Å². The van der Waals surface area contributed by atoms with E-state index in [1.54, 1.807) is 16.7 Å². The first-order valence-electron chi connectivity index (χ1n) is 43.8. The van der Waals surface area contributed by atoms with Gasteiger partial charge in [-0.2, -0.15) is 0 Å². The Balaban J connectivity index is 0.0000000956. The van der Waals surface area contributed by atoms with Crippen molar-refractivity contribution in [2.24, 2.45) is 25.9 Å². The number of furan rings is 3. The van der Waals surface area contributed by atoms with E-state index in [1.807, 2.05) is 52.2 Å². The van der Waals surface area contributed by atoms with Gasteiger partial charge in [0.2, 0.25) is 0 Å². The van der Waals surface area contributed by atoms with Crippen molar-refractivity contribution in [3.8, 4) is 43.5 Å². The Morgan fingerprint density at radius 3 is 1.45 bits per heavy atom. The van der Waals surface area contributed by atoms with E-state index >= 15 is 0 Å². The highest BCUT2D eigenvalue weighted by atomic mass is 32.1. The fourth-order valence-corrected chi connectivity index (χ4v) is 23.4. The molecule has 8 heterocycles. The summed E-state index contributed by atoms with van der Waals surface area (Å²) in [5, 5.41) is 10.6. The molecule has 120 heavy (non-hydrogen) atoms. The average molecular weight is 1620 g/mol. The summed E-state index contributed by atoms with van der Waals surface area (Å²) in [6.45, 7) is 22.1. The molecule has 600 valence electrons. The summed E-state index contributed by atoms with van der Waals surface area (Å²) in [5.74, 6) is 3.84. The highest BCUT2D eigenvalue weighted by Crippen LogP contribution is 2.51. The molecule has 4 aliphatic carbocycles. The molecule has 0 bridgehead atoms. The lowest BCUT2D eigenvalue weighted by Crippen LogP contribution is -2.03. The van der Waals surface area contributed by atoms with Crippen molar-refractivity contribution in [1.29, 1.82) is 0 Å². The van der Waals surface area contributed by atoms with Crippen LogP contribution < -0.4 is 0 Å². The van der Waals surface area contributed by atoms with Crippen LogP contribution >= 0.6 is 34.0 Å². The van der Waals surface area contributed by atoms with Crippen molar-refractivity contribution in [1.82, 2.24) is 9.13 Å². The topological polar surface area (TPSA) is 49.3 Å². The largest absolute Gasteiger partial charge is 0.456 e. The van der Waals surface area contributed by atoms with Gasteiger partial charge >= 0.3 is 0 Å². The Hall–Kier alpha value is -11.3. The molecule has 4 aliphatic rings. The van der Waals surface area contributed by atoms with Crippen LogP contribution in [0.3, 0.4) is 0 Å². The zero-order valence-corrected chi connectivity index (χ0v) is 73.9. The maximum Gasteiger partial charge on any atom is 0.161 e. The van der Waals surface area contributed by atoms with Crippen molar-refractivity contribution in [3.63, 3.8) is 0 Å². The zero-order chi connectivity index (χ0) is 82.1. The van der Waals surface area contributed by atoms with Gasteiger partial charge in [-0.25, -0.2) is 0 Å². The van der Waals surface area contributed by atoms with E-state index < -0.39 is 0 Å². The number of fused-ring (bicyclic) bond motifs is 30. The Bertz CT molecular complexity index is 6870. The number of aromatic nitrogens is 2. The van der Waals surface area contributed by atoms with Crippen LogP contribution in [-0.2, 0) is 52.6 Å². The number of thiophene rings is 3. The summed E-state index contributed by atoms with van der Waals surface area (Å²) < 4.78 is 28.4. The number of hydrogen-bond donors (Lipinski definition) is 0. The maximum atomic E-state index is 6.13. The van der Waals surface area contributed by atoms with Gasteiger partial charge in [-0.1, -0.05) is 271 Å². The van der Waals surface area contributed by atoms with Gasteiger partial charge in [0.15, 0.2) is 5.58 Å². The lowest BCUT2D eigenvalue weighted by molar-refractivity contribution is 0.449. The molecule has 0 saturated heterocycles. The first kappa shape index (κ1) is 78.6. The first-order valence-corrected chi connectivity index (χ1v) is 46.2. The molecular weight excluding hydrogens is 1520 g/mol. The first-order chi connectivity index (χ1) is 58.5.